The molecule has 1 heterocycles. The number of hydrogen-bond donors (Lipinski definition) is 1. The lowest BCUT2D eigenvalue weighted by molar-refractivity contribution is -0.133. The Balaban J connectivity index is 1.92. The van der Waals surface area contributed by atoms with Crippen LogP contribution in [0.2, 0.25) is 0 Å². The monoisotopic (exact) mass is 391 g/mol. The molecule has 0 saturated heterocycles. The van der Waals surface area contributed by atoms with Gasteiger partial charge >= 0.3 is 0 Å². The standard InChI is InChI=1S/C24H29N3O2/c1-4-17(2)27(15-9-14-25)23(28)16-20-18-10-5-7-12-21(18)26-24(20)19-11-6-8-13-22(19)29-3/h5-8,10-13,17,20,24,26H,4,9,15-16H2,1-3H3. The van der Waals surface area contributed by atoms with E-state index >= 15 is 0 Å². The predicted molar refractivity (Wildman–Crippen MR) is 115 cm³/mol. The second-order valence-electron chi connectivity index (χ2n) is 7.51. The summed E-state index contributed by atoms with van der Waals surface area (Å²) in [6, 6.07) is 18.4. The number of carbonyl (C=O) groups is 1. The van der Waals surface area contributed by atoms with Gasteiger partial charge < -0.3 is 15.0 Å². The van der Waals surface area contributed by atoms with Crippen molar-refractivity contribution >= 4 is 11.6 Å². The third kappa shape index (κ3) is 4.37. The number of amides is 1. The van der Waals surface area contributed by atoms with Crippen LogP contribution in [0.3, 0.4) is 0 Å². The average molecular weight is 392 g/mol. The fourth-order valence-electron chi connectivity index (χ4n) is 4.13. The summed E-state index contributed by atoms with van der Waals surface area (Å²) in [6.07, 6.45) is 1.61. The Morgan fingerprint density at radius 1 is 1.21 bits per heavy atom. The van der Waals surface area contributed by atoms with Crippen molar-refractivity contribution in [2.24, 2.45) is 0 Å². The molecule has 3 atom stereocenters. The molecule has 0 aromatic heterocycles. The molecule has 152 valence electrons. The molecular formula is C24H29N3O2. The van der Waals surface area contributed by atoms with Gasteiger partial charge in [0, 0.05) is 36.2 Å². The van der Waals surface area contributed by atoms with E-state index in [-0.39, 0.29) is 23.9 Å². The van der Waals surface area contributed by atoms with Crippen molar-refractivity contribution in [3.63, 3.8) is 0 Å². The fraction of sp³-hybridized carbons (Fsp3) is 0.417. The number of carbonyl (C=O) groups excluding carboxylic acids is 1. The molecule has 5 heteroatoms. The first-order valence-electron chi connectivity index (χ1n) is 10.3. The lowest BCUT2D eigenvalue weighted by Gasteiger charge is -2.30. The second kappa shape index (κ2) is 9.47. The van der Waals surface area contributed by atoms with E-state index in [4.69, 9.17) is 10.00 Å². The Labute approximate surface area is 173 Å². The molecule has 2 aromatic carbocycles. The molecule has 0 aliphatic carbocycles. The van der Waals surface area contributed by atoms with Crippen LogP contribution in [0.25, 0.3) is 0 Å². The summed E-state index contributed by atoms with van der Waals surface area (Å²) in [7, 11) is 1.67. The number of benzene rings is 2. The summed E-state index contributed by atoms with van der Waals surface area (Å²) in [5.41, 5.74) is 3.27. The molecule has 0 saturated carbocycles. The predicted octanol–water partition coefficient (Wildman–Crippen LogP) is 4.88. The first-order valence-corrected chi connectivity index (χ1v) is 10.3. The summed E-state index contributed by atoms with van der Waals surface area (Å²) < 4.78 is 5.59. The number of rotatable bonds is 8. The molecule has 0 spiro atoms. The Bertz CT molecular complexity index is 890. The van der Waals surface area contributed by atoms with Gasteiger partial charge in [-0.3, -0.25) is 4.79 Å². The van der Waals surface area contributed by atoms with Gasteiger partial charge in [-0.1, -0.05) is 43.3 Å². The Hall–Kier alpha value is -3.00. The highest BCUT2D eigenvalue weighted by atomic mass is 16.5. The van der Waals surface area contributed by atoms with Crippen LogP contribution in [0.5, 0.6) is 5.75 Å². The van der Waals surface area contributed by atoms with Crippen LogP contribution in [0, 0.1) is 11.3 Å². The van der Waals surface area contributed by atoms with E-state index in [0.29, 0.717) is 19.4 Å². The van der Waals surface area contributed by atoms with E-state index in [0.717, 1.165) is 29.0 Å². The number of ether oxygens (including phenoxy) is 1. The first kappa shape index (κ1) is 20.7. The summed E-state index contributed by atoms with van der Waals surface area (Å²) in [4.78, 5) is 15.2. The summed E-state index contributed by atoms with van der Waals surface area (Å²) in [6.45, 7) is 4.60. The zero-order chi connectivity index (χ0) is 20.8. The number of anilines is 1. The van der Waals surface area contributed by atoms with Crippen molar-refractivity contribution in [1.82, 2.24) is 4.90 Å². The zero-order valence-electron chi connectivity index (χ0n) is 17.4. The molecule has 1 aliphatic rings. The molecule has 3 rings (SSSR count). The van der Waals surface area contributed by atoms with Crippen LogP contribution in [-0.2, 0) is 4.79 Å². The van der Waals surface area contributed by atoms with Crippen LogP contribution in [0.1, 0.15) is 56.2 Å². The SMILES string of the molecule is CCC(C)N(CCC#N)C(=O)CC1c2ccccc2NC1c1ccccc1OC. The molecule has 0 radical (unpaired) electrons. The minimum absolute atomic E-state index is 0.00337. The van der Waals surface area contributed by atoms with Gasteiger partial charge in [0.25, 0.3) is 0 Å². The number of nitrogens with zero attached hydrogens (tertiary/aromatic N) is 2. The van der Waals surface area contributed by atoms with Gasteiger partial charge in [0.2, 0.25) is 5.91 Å². The van der Waals surface area contributed by atoms with Crippen molar-refractivity contribution in [3.05, 3.63) is 59.7 Å². The van der Waals surface area contributed by atoms with E-state index in [1.54, 1.807) is 7.11 Å². The highest BCUT2D eigenvalue weighted by molar-refractivity contribution is 5.79. The summed E-state index contributed by atoms with van der Waals surface area (Å²) in [5, 5.41) is 12.6. The summed E-state index contributed by atoms with van der Waals surface area (Å²) >= 11 is 0. The van der Waals surface area contributed by atoms with E-state index in [2.05, 4.69) is 36.5 Å². The molecule has 1 aliphatic heterocycles. The van der Waals surface area contributed by atoms with E-state index < -0.39 is 0 Å². The fourth-order valence-corrected chi connectivity index (χ4v) is 4.13. The van der Waals surface area contributed by atoms with Crippen molar-refractivity contribution in [2.45, 2.75) is 51.1 Å². The molecule has 0 fully saturated rings. The van der Waals surface area contributed by atoms with E-state index in [9.17, 15) is 4.79 Å². The number of methoxy groups -OCH3 is 1. The molecule has 0 bridgehead atoms. The minimum Gasteiger partial charge on any atom is -0.496 e. The van der Waals surface area contributed by atoms with Gasteiger partial charge in [0.1, 0.15) is 5.75 Å². The van der Waals surface area contributed by atoms with Crippen molar-refractivity contribution in [3.8, 4) is 11.8 Å². The van der Waals surface area contributed by atoms with Gasteiger partial charge in [-0.25, -0.2) is 0 Å². The molecule has 1 N–H and O–H groups in total. The number of para-hydroxylation sites is 2. The molecule has 2 aromatic rings. The van der Waals surface area contributed by atoms with E-state index in [1.165, 1.54) is 0 Å². The van der Waals surface area contributed by atoms with Crippen LogP contribution in [0.15, 0.2) is 48.5 Å². The number of nitrogens with one attached hydrogen (secondary N) is 1. The van der Waals surface area contributed by atoms with Crippen LogP contribution >= 0.6 is 0 Å². The molecule has 3 unspecified atom stereocenters. The van der Waals surface area contributed by atoms with Crippen molar-refractivity contribution in [2.75, 3.05) is 19.0 Å². The first-order chi connectivity index (χ1) is 14.1. The number of fused-ring (bicyclic) bond motifs is 1. The third-order valence-electron chi connectivity index (χ3n) is 5.85. The normalized spacial score (nSPS) is 18.3. The van der Waals surface area contributed by atoms with Gasteiger partial charge in [-0.15, -0.1) is 0 Å². The van der Waals surface area contributed by atoms with Gasteiger partial charge in [0.05, 0.1) is 25.6 Å². The molecule has 29 heavy (non-hydrogen) atoms. The third-order valence-corrected chi connectivity index (χ3v) is 5.85. The lowest BCUT2D eigenvalue weighted by atomic mass is 9.87. The van der Waals surface area contributed by atoms with E-state index in [1.807, 2.05) is 42.2 Å². The van der Waals surface area contributed by atoms with Gasteiger partial charge in [-0.2, -0.15) is 5.26 Å². The smallest absolute Gasteiger partial charge is 0.223 e. The average Bonchev–Trinajstić information content (AvgIpc) is 3.11. The maximum Gasteiger partial charge on any atom is 0.223 e. The number of nitriles is 1. The highest BCUT2D eigenvalue weighted by Crippen LogP contribution is 2.48. The van der Waals surface area contributed by atoms with Crippen molar-refractivity contribution < 1.29 is 9.53 Å². The Kier molecular flexibility index (Phi) is 6.77. The second-order valence-corrected chi connectivity index (χ2v) is 7.51. The van der Waals surface area contributed by atoms with Gasteiger partial charge in [0.15, 0.2) is 0 Å². The largest absolute Gasteiger partial charge is 0.496 e. The number of hydrogen-bond acceptors (Lipinski definition) is 4. The highest BCUT2D eigenvalue weighted by Gasteiger charge is 2.37. The maximum atomic E-state index is 13.3. The summed E-state index contributed by atoms with van der Waals surface area (Å²) in [5.74, 6) is 0.917. The molecule has 5 nitrogen and oxygen atoms in total. The molecular weight excluding hydrogens is 362 g/mol. The lowest BCUT2D eigenvalue weighted by Crippen LogP contribution is -2.39. The quantitative estimate of drug-likeness (QED) is 0.697. The van der Waals surface area contributed by atoms with Crippen molar-refractivity contribution in [1.29, 1.82) is 5.26 Å². The zero-order valence-corrected chi connectivity index (χ0v) is 17.4. The minimum atomic E-state index is -0.0396. The van der Waals surface area contributed by atoms with Crippen LogP contribution < -0.4 is 10.1 Å². The van der Waals surface area contributed by atoms with Gasteiger partial charge in [-0.05, 0) is 31.0 Å². The Morgan fingerprint density at radius 2 is 1.90 bits per heavy atom. The molecule has 1 amide bonds. The maximum absolute atomic E-state index is 13.3. The Morgan fingerprint density at radius 3 is 2.59 bits per heavy atom. The van der Waals surface area contributed by atoms with Crippen LogP contribution in [-0.4, -0.2) is 30.5 Å². The topological polar surface area (TPSA) is 65.4 Å². The van der Waals surface area contributed by atoms with Crippen LogP contribution in [0.4, 0.5) is 5.69 Å².